The summed E-state index contributed by atoms with van der Waals surface area (Å²) in [6.07, 6.45) is 12.5. The van der Waals surface area contributed by atoms with Crippen LogP contribution < -0.4 is 0 Å². The van der Waals surface area contributed by atoms with Gasteiger partial charge in [0, 0.05) is 5.92 Å². The van der Waals surface area contributed by atoms with Gasteiger partial charge >= 0.3 is 0 Å². The van der Waals surface area contributed by atoms with Gasteiger partial charge in [0.05, 0.1) is 6.26 Å². The number of allylic oxidation sites excluding steroid dienone is 3. The van der Waals surface area contributed by atoms with Gasteiger partial charge in [-0.2, -0.15) is 0 Å². The van der Waals surface area contributed by atoms with Crippen LogP contribution in [0, 0.1) is 23.7 Å². The zero-order chi connectivity index (χ0) is 8.84. The molecule has 0 aromatic rings. The molecule has 3 rings (SSSR count). The van der Waals surface area contributed by atoms with Crippen molar-refractivity contribution in [2.75, 3.05) is 0 Å². The number of rotatable bonds is 2. The van der Waals surface area contributed by atoms with Crippen molar-refractivity contribution in [1.29, 1.82) is 0 Å². The van der Waals surface area contributed by atoms with E-state index in [0.717, 1.165) is 17.8 Å². The highest BCUT2D eigenvalue weighted by Crippen LogP contribution is 2.53. The average molecular weight is 174 g/mol. The molecule has 13 heavy (non-hydrogen) atoms. The second-order valence-corrected chi connectivity index (χ2v) is 4.26. The maximum Gasteiger partial charge on any atom is 0.120 e. The van der Waals surface area contributed by atoms with Gasteiger partial charge in [-0.05, 0) is 30.3 Å². The van der Waals surface area contributed by atoms with Gasteiger partial charge in [0.2, 0.25) is 0 Å². The van der Waals surface area contributed by atoms with E-state index in [9.17, 15) is 0 Å². The molecule has 0 aromatic carbocycles. The Morgan fingerprint density at radius 3 is 2.85 bits per heavy atom. The first-order valence-electron chi connectivity index (χ1n) is 5.03. The number of ether oxygens (including phenoxy) is 1. The molecule has 0 amide bonds. The summed E-state index contributed by atoms with van der Waals surface area (Å²) < 4.78 is 5.51. The Morgan fingerprint density at radius 2 is 2.00 bits per heavy atom. The topological polar surface area (TPSA) is 9.23 Å². The summed E-state index contributed by atoms with van der Waals surface area (Å²) >= 11 is 0. The van der Waals surface area contributed by atoms with E-state index in [1.54, 1.807) is 6.26 Å². The van der Waals surface area contributed by atoms with Crippen LogP contribution in [-0.2, 0) is 4.74 Å². The third kappa shape index (κ3) is 0.874. The lowest BCUT2D eigenvalue weighted by Crippen LogP contribution is -2.25. The average Bonchev–Trinajstić information content (AvgIpc) is 2.74. The standard InChI is InChI=1S/C12H14O/c1-2-13-11-6-5-10-8-3-4-9(7-8)12(10)11/h2-6,8-12H,1,7H2/t8-,9+,10-,11-,12+/m0/s1. The Labute approximate surface area is 78.8 Å². The minimum Gasteiger partial charge on any atom is -0.494 e. The van der Waals surface area contributed by atoms with Crippen LogP contribution in [0.2, 0.25) is 0 Å². The van der Waals surface area contributed by atoms with Crippen LogP contribution >= 0.6 is 0 Å². The van der Waals surface area contributed by atoms with Crippen LogP contribution in [0.15, 0.2) is 37.1 Å². The fraction of sp³-hybridized carbons (Fsp3) is 0.500. The summed E-state index contributed by atoms with van der Waals surface area (Å²) in [5.41, 5.74) is 0. The largest absolute Gasteiger partial charge is 0.494 e. The van der Waals surface area contributed by atoms with Gasteiger partial charge in [-0.25, -0.2) is 0 Å². The zero-order valence-corrected chi connectivity index (χ0v) is 7.60. The van der Waals surface area contributed by atoms with Crippen molar-refractivity contribution in [1.82, 2.24) is 0 Å². The first kappa shape index (κ1) is 7.43. The summed E-state index contributed by atoms with van der Waals surface area (Å²) in [6, 6.07) is 0. The molecule has 0 saturated heterocycles. The van der Waals surface area contributed by atoms with Crippen LogP contribution in [0.3, 0.4) is 0 Å². The molecule has 1 nitrogen and oxygen atoms in total. The van der Waals surface area contributed by atoms with Crippen molar-refractivity contribution < 1.29 is 4.74 Å². The minimum atomic E-state index is 0.294. The van der Waals surface area contributed by atoms with Crippen molar-refractivity contribution in [3.8, 4) is 0 Å². The van der Waals surface area contributed by atoms with Crippen LogP contribution in [-0.4, -0.2) is 6.10 Å². The predicted octanol–water partition coefficient (Wildman–Crippen LogP) is 2.52. The highest BCUT2D eigenvalue weighted by atomic mass is 16.5. The molecule has 0 aromatic heterocycles. The molecule has 3 aliphatic rings. The van der Waals surface area contributed by atoms with Crippen molar-refractivity contribution in [2.45, 2.75) is 12.5 Å². The van der Waals surface area contributed by atoms with E-state index in [4.69, 9.17) is 4.74 Å². The highest BCUT2D eigenvalue weighted by Gasteiger charge is 2.49. The van der Waals surface area contributed by atoms with Crippen LogP contribution in [0.4, 0.5) is 0 Å². The highest BCUT2D eigenvalue weighted by molar-refractivity contribution is 5.25. The van der Waals surface area contributed by atoms with E-state index in [2.05, 4.69) is 30.9 Å². The van der Waals surface area contributed by atoms with Gasteiger partial charge in [0.15, 0.2) is 0 Å². The Bertz CT molecular complexity index is 289. The molecule has 0 unspecified atom stereocenters. The molecular formula is C12H14O. The quantitative estimate of drug-likeness (QED) is 0.461. The summed E-state index contributed by atoms with van der Waals surface area (Å²) in [5.74, 6) is 3.01. The molecule has 0 radical (unpaired) electrons. The van der Waals surface area contributed by atoms with Gasteiger partial charge in [0.25, 0.3) is 0 Å². The van der Waals surface area contributed by atoms with Gasteiger partial charge in [-0.15, -0.1) is 0 Å². The number of hydrogen-bond donors (Lipinski definition) is 0. The molecule has 5 atom stereocenters. The fourth-order valence-electron chi connectivity index (χ4n) is 3.25. The first-order valence-corrected chi connectivity index (χ1v) is 5.03. The van der Waals surface area contributed by atoms with Crippen molar-refractivity contribution in [3.05, 3.63) is 37.1 Å². The molecule has 0 heterocycles. The van der Waals surface area contributed by atoms with Crippen LogP contribution in [0.5, 0.6) is 0 Å². The van der Waals surface area contributed by atoms with Gasteiger partial charge in [-0.3, -0.25) is 0 Å². The lowest BCUT2D eigenvalue weighted by molar-refractivity contribution is 0.110. The van der Waals surface area contributed by atoms with E-state index < -0.39 is 0 Å². The lowest BCUT2D eigenvalue weighted by Gasteiger charge is -2.25. The number of fused-ring (bicyclic) bond motifs is 5. The van der Waals surface area contributed by atoms with Gasteiger partial charge in [0.1, 0.15) is 6.10 Å². The van der Waals surface area contributed by atoms with E-state index in [1.807, 2.05) is 0 Å². The Morgan fingerprint density at radius 1 is 1.15 bits per heavy atom. The second-order valence-electron chi connectivity index (χ2n) is 4.26. The SMILES string of the molecule is C=CO[C@H]1C=C[C@@H]2[C@H]1[C@@H]1C=C[C@H]2C1. The Hall–Kier alpha value is -0.980. The molecule has 0 aliphatic heterocycles. The van der Waals surface area contributed by atoms with Crippen LogP contribution in [0.1, 0.15) is 6.42 Å². The molecular weight excluding hydrogens is 160 g/mol. The summed E-state index contributed by atoms with van der Waals surface area (Å²) in [6.45, 7) is 3.63. The molecule has 1 fully saturated rings. The first-order chi connectivity index (χ1) is 6.40. The fourth-order valence-corrected chi connectivity index (χ4v) is 3.25. The van der Waals surface area contributed by atoms with Crippen molar-refractivity contribution in [2.24, 2.45) is 23.7 Å². The van der Waals surface area contributed by atoms with Crippen LogP contribution in [0.25, 0.3) is 0 Å². The Balaban J connectivity index is 1.87. The third-order valence-electron chi connectivity index (χ3n) is 3.74. The molecule has 3 aliphatic carbocycles. The molecule has 1 heteroatoms. The summed E-state index contributed by atoms with van der Waals surface area (Å²) in [4.78, 5) is 0. The number of hydrogen-bond acceptors (Lipinski definition) is 1. The molecule has 2 bridgehead atoms. The molecule has 1 saturated carbocycles. The third-order valence-corrected chi connectivity index (χ3v) is 3.74. The molecule has 0 spiro atoms. The monoisotopic (exact) mass is 174 g/mol. The smallest absolute Gasteiger partial charge is 0.120 e. The van der Waals surface area contributed by atoms with Gasteiger partial charge < -0.3 is 4.74 Å². The summed E-state index contributed by atoms with van der Waals surface area (Å²) in [5, 5.41) is 0. The van der Waals surface area contributed by atoms with E-state index in [-0.39, 0.29) is 0 Å². The van der Waals surface area contributed by atoms with E-state index in [1.165, 1.54) is 6.42 Å². The Kier molecular flexibility index (Phi) is 1.43. The maximum absolute atomic E-state index is 5.51. The van der Waals surface area contributed by atoms with Crippen molar-refractivity contribution in [3.63, 3.8) is 0 Å². The minimum absolute atomic E-state index is 0.294. The van der Waals surface area contributed by atoms with Crippen molar-refractivity contribution >= 4 is 0 Å². The molecule has 68 valence electrons. The summed E-state index contributed by atoms with van der Waals surface area (Å²) in [7, 11) is 0. The second kappa shape index (κ2) is 2.50. The predicted molar refractivity (Wildman–Crippen MR) is 51.9 cm³/mol. The van der Waals surface area contributed by atoms with E-state index in [0.29, 0.717) is 12.0 Å². The lowest BCUT2D eigenvalue weighted by atomic mass is 9.84. The molecule has 0 N–H and O–H groups in total. The maximum atomic E-state index is 5.51. The zero-order valence-electron chi connectivity index (χ0n) is 7.60. The normalized spacial score (nSPS) is 49.7. The van der Waals surface area contributed by atoms with E-state index >= 15 is 0 Å². The van der Waals surface area contributed by atoms with Gasteiger partial charge in [-0.1, -0.05) is 24.8 Å².